The van der Waals surface area contributed by atoms with Crippen LogP contribution in [0.15, 0.2) is 5.38 Å². The van der Waals surface area contributed by atoms with E-state index in [4.69, 9.17) is 0 Å². The van der Waals surface area contributed by atoms with E-state index in [1.54, 1.807) is 30.2 Å². The molecule has 0 aliphatic heterocycles. The molecule has 1 amide bonds. The maximum absolute atomic E-state index is 11.9. The van der Waals surface area contributed by atoms with Crippen molar-refractivity contribution in [2.75, 3.05) is 13.6 Å². The van der Waals surface area contributed by atoms with Crippen LogP contribution in [0.3, 0.4) is 0 Å². The SMILES string of the molecule is CC(O)CCN(C)C(=O)Cc1csc(C(C)C)n1. The van der Waals surface area contributed by atoms with Gasteiger partial charge in [0.05, 0.1) is 23.2 Å². The van der Waals surface area contributed by atoms with Crippen molar-refractivity contribution >= 4 is 17.2 Å². The number of aliphatic hydroxyl groups is 1. The van der Waals surface area contributed by atoms with E-state index in [0.717, 1.165) is 10.7 Å². The summed E-state index contributed by atoms with van der Waals surface area (Å²) in [5, 5.41) is 12.2. The van der Waals surface area contributed by atoms with Gasteiger partial charge in [0, 0.05) is 24.9 Å². The van der Waals surface area contributed by atoms with Crippen LogP contribution in [0.4, 0.5) is 0 Å². The molecule has 1 N–H and O–H groups in total. The second kappa shape index (κ2) is 6.85. The van der Waals surface area contributed by atoms with Crippen molar-refractivity contribution in [1.29, 1.82) is 0 Å². The standard InChI is InChI=1S/C13H22N2O2S/c1-9(2)13-14-11(8-18-13)7-12(17)15(4)6-5-10(3)16/h8-10,16H,5-7H2,1-4H3. The zero-order valence-electron chi connectivity index (χ0n) is 11.5. The highest BCUT2D eigenvalue weighted by molar-refractivity contribution is 7.09. The minimum Gasteiger partial charge on any atom is -0.393 e. The zero-order chi connectivity index (χ0) is 13.7. The molecule has 1 aromatic heterocycles. The van der Waals surface area contributed by atoms with E-state index in [1.165, 1.54) is 0 Å². The van der Waals surface area contributed by atoms with E-state index in [-0.39, 0.29) is 12.0 Å². The Hall–Kier alpha value is -0.940. The second-order valence-electron chi connectivity index (χ2n) is 4.96. The summed E-state index contributed by atoms with van der Waals surface area (Å²) in [6.07, 6.45) is 0.586. The number of aliphatic hydroxyl groups excluding tert-OH is 1. The first-order valence-corrected chi connectivity index (χ1v) is 7.14. The number of rotatable bonds is 6. The quantitative estimate of drug-likeness (QED) is 0.860. The predicted molar refractivity (Wildman–Crippen MR) is 73.8 cm³/mol. The molecule has 1 atom stereocenters. The molecular formula is C13H22N2O2S. The van der Waals surface area contributed by atoms with Crippen LogP contribution in [-0.2, 0) is 11.2 Å². The number of amides is 1. The Morgan fingerprint density at radius 1 is 1.50 bits per heavy atom. The number of thiazole rings is 1. The van der Waals surface area contributed by atoms with Gasteiger partial charge in [-0.1, -0.05) is 13.8 Å². The Kier molecular flexibility index (Phi) is 5.75. The first-order valence-electron chi connectivity index (χ1n) is 6.26. The molecule has 1 rings (SSSR count). The van der Waals surface area contributed by atoms with Gasteiger partial charge in [-0.25, -0.2) is 4.98 Å². The van der Waals surface area contributed by atoms with Crippen molar-refractivity contribution in [2.45, 2.75) is 45.6 Å². The van der Waals surface area contributed by atoms with Crippen LogP contribution < -0.4 is 0 Å². The molecule has 4 nitrogen and oxygen atoms in total. The van der Waals surface area contributed by atoms with Crippen LogP contribution in [0.25, 0.3) is 0 Å². The molecule has 1 unspecified atom stereocenters. The van der Waals surface area contributed by atoms with E-state index in [9.17, 15) is 9.90 Å². The van der Waals surface area contributed by atoms with Gasteiger partial charge in [0.15, 0.2) is 0 Å². The van der Waals surface area contributed by atoms with Gasteiger partial charge >= 0.3 is 0 Å². The lowest BCUT2D eigenvalue weighted by molar-refractivity contribution is -0.129. The van der Waals surface area contributed by atoms with Crippen LogP contribution in [-0.4, -0.2) is 40.6 Å². The third kappa shape index (κ3) is 4.74. The summed E-state index contributed by atoms with van der Waals surface area (Å²) in [5.41, 5.74) is 0.845. The molecular weight excluding hydrogens is 248 g/mol. The third-order valence-electron chi connectivity index (χ3n) is 2.70. The molecule has 5 heteroatoms. The Morgan fingerprint density at radius 2 is 2.17 bits per heavy atom. The summed E-state index contributed by atoms with van der Waals surface area (Å²) < 4.78 is 0. The normalized spacial score (nSPS) is 12.8. The number of likely N-dealkylation sites (N-methyl/N-ethyl adjacent to an activating group) is 1. The Labute approximate surface area is 113 Å². The van der Waals surface area contributed by atoms with Crippen LogP contribution in [0.5, 0.6) is 0 Å². The van der Waals surface area contributed by atoms with Crippen molar-refractivity contribution in [3.8, 4) is 0 Å². The average molecular weight is 270 g/mol. The predicted octanol–water partition coefficient (Wildman–Crippen LogP) is 2.04. The van der Waals surface area contributed by atoms with Crippen LogP contribution in [0, 0.1) is 0 Å². The van der Waals surface area contributed by atoms with Gasteiger partial charge in [-0.3, -0.25) is 4.79 Å². The molecule has 0 aliphatic rings. The number of carbonyl (C=O) groups excluding carboxylic acids is 1. The first-order chi connectivity index (χ1) is 8.40. The van der Waals surface area contributed by atoms with E-state index in [2.05, 4.69) is 18.8 Å². The van der Waals surface area contributed by atoms with Crippen LogP contribution in [0.2, 0.25) is 0 Å². The van der Waals surface area contributed by atoms with Gasteiger partial charge < -0.3 is 10.0 Å². The fourth-order valence-electron chi connectivity index (χ4n) is 1.46. The third-order valence-corrected chi connectivity index (χ3v) is 3.90. The Balaban J connectivity index is 2.47. The zero-order valence-corrected chi connectivity index (χ0v) is 12.3. The molecule has 0 saturated heterocycles. The number of aromatic nitrogens is 1. The minimum atomic E-state index is -0.368. The molecule has 18 heavy (non-hydrogen) atoms. The molecule has 0 radical (unpaired) electrons. The number of nitrogens with zero attached hydrogens (tertiary/aromatic N) is 2. The molecule has 1 aromatic rings. The van der Waals surface area contributed by atoms with E-state index in [1.807, 2.05) is 5.38 Å². The molecule has 0 bridgehead atoms. The number of hydrogen-bond donors (Lipinski definition) is 1. The van der Waals surface area contributed by atoms with Gasteiger partial charge in [0.2, 0.25) is 5.91 Å². The van der Waals surface area contributed by atoms with Crippen LogP contribution >= 0.6 is 11.3 Å². The fourth-order valence-corrected chi connectivity index (χ4v) is 2.30. The van der Waals surface area contributed by atoms with Crippen molar-refractivity contribution in [1.82, 2.24) is 9.88 Å². The lowest BCUT2D eigenvalue weighted by Crippen LogP contribution is -2.30. The number of hydrogen-bond acceptors (Lipinski definition) is 4. The van der Waals surface area contributed by atoms with Gasteiger partial charge in [0.25, 0.3) is 0 Å². The lowest BCUT2D eigenvalue weighted by atomic mass is 10.2. The highest BCUT2D eigenvalue weighted by atomic mass is 32.1. The Morgan fingerprint density at radius 3 is 2.67 bits per heavy atom. The van der Waals surface area contributed by atoms with Gasteiger partial charge in [-0.2, -0.15) is 0 Å². The monoisotopic (exact) mass is 270 g/mol. The molecule has 0 aromatic carbocycles. The minimum absolute atomic E-state index is 0.0521. The largest absolute Gasteiger partial charge is 0.393 e. The van der Waals surface area contributed by atoms with Gasteiger partial charge in [-0.15, -0.1) is 11.3 Å². The maximum Gasteiger partial charge on any atom is 0.228 e. The molecule has 0 saturated carbocycles. The second-order valence-corrected chi connectivity index (χ2v) is 5.85. The van der Waals surface area contributed by atoms with Crippen molar-refractivity contribution in [3.05, 3.63) is 16.1 Å². The van der Waals surface area contributed by atoms with E-state index < -0.39 is 0 Å². The molecule has 0 aliphatic carbocycles. The van der Waals surface area contributed by atoms with Gasteiger partial charge in [-0.05, 0) is 13.3 Å². The lowest BCUT2D eigenvalue weighted by Gasteiger charge is -2.17. The summed E-state index contributed by atoms with van der Waals surface area (Å²) >= 11 is 1.61. The molecule has 1 heterocycles. The highest BCUT2D eigenvalue weighted by Crippen LogP contribution is 2.19. The first kappa shape index (κ1) is 15.1. The smallest absolute Gasteiger partial charge is 0.228 e. The van der Waals surface area contributed by atoms with E-state index in [0.29, 0.717) is 25.3 Å². The van der Waals surface area contributed by atoms with Crippen molar-refractivity contribution in [3.63, 3.8) is 0 Å². The summed E-state index contributed by atoms with van der Waals surface area (Å²) in [5.74, 6) is 0.461. The van der Waals surface area contributed by atoms with Gasteiger partial charge in [0.1, 0.15) is 0 Å². The summed E-state index contributed by atoms with van der Waals surface area (Å²) in [4.78, 5) is 18.0. The van der Waals surface area contributed by atoms with Crippen molar-refractivity contribution < 1.29 is 9.90 Å². The fraction of sp³-hybridized carbons (Fsp3) is 0.692. The maximum atomic E-state index is 11.9. The summed E-state index contributed by atoms with van der Waals surface area (Å²) in [7, 11) is 1.76. The van der Waals surface area contributed by atoms with Crippen LogP contribution in [0.1, 0.15) is 43.8 Å². The van der Waals surface area contributed by atoms with Crippen molar-refractivity contribution in [2.24, 2.45) is 0 Å². The molecule has 0 spiro atoms. The van der Waals surface area contributed by atoms with E-state index >= 15 is 0 Å². The molecule has 0 fully saturated rings. The summed E-state index contributed by atoms with van der Waals surface area (Å²) in [6, 6.07) is 0. The average Bonchev–Trinajstić information content (AvgIpc) is 2.74. The topological polar surface area (TPSA) is 53.4 Å². The molecule has 102 valence electrons. The Bertz CT molecular complexity index is 388. The summed E-state index contributed by atoms with van der Waals surface area (Å²) in [6.45, 7) is 6.50. The highest BCUT2D eigenvalue weighted by Gasteiger charge is 2.13. The number of carbonyl (C=O) groups is 1.